The number of rotatable bonds is 5. The molecule has 0 unspecified atom stereocenters. The van der Waals surface area contributed by atoms with E-state index in [-0.39, 0.29) is 5.41 Å². The van der Waals surface area contributed by atoms with Crippen molar-refractivity contribution in [3.8, 4) is 33.7 Å². The van der Waals surface area contributed by atoms with Crippen molar-refractivity contribution in [2.45, 2.75) is 19.3 Å². The van der Waals surface area contributed by atoms with Gasteiger partial charge in [0.25, 0.3) is 0 Å². The van der Waals surface area contributed by atoms with Crippen molar-refractivity contribution in [1.82, 2.24) is 4.98 Å². The van der Waals surface area contributed by atoms with Crippen LogP contribution in [0.2, 0.25) is 0 Å². The Balaban J connectivity index is 1.20. The van der Waals surface area contributed by atoms with Crippen molar-refractivity contribution in [2.75, 3.05) is 4.90 Å². The molecule has 0 saturated carbocycles. The summed E-state index contributed by atoms with van der Waals surface area (Å²) in [6, 6.07) is 56.1. The first kappa shape index (κ1) is 27.4. The third kappa shape index (κ3) is 4.46. The van der Waals surface area contributed by atoms with Crippen LogP contribution >= 0.6 is 0 Å². The van der Waals surface area contributed by atoms with Crippen LogP contribution in [0.3, 0.4) is 0 Å². The van der Waals surface area contributed by atoms with Crippen LogP contribution < -0.4 is 4.90 Å². The summed E-state index contributed by atoms with van der Waals surface area (Å²) in [5, 5.41) is 2.15. The van der Waals surface area contributed by atoms with E-state index < -0.39 is 0 Å². The molecule has 1 aromatic heterocycles. The second-order valence-electron chi connectivity index (χ2n) is 12.9. The Bertz CT molecular complexity index is 2420. The lowest BCUT2D eigenvalue weighted by Crippen LogP contribution is -2.15. The van der Waals surface area contributed by atoms with E-state index in [9.17, 15) is 0 Å². The maximum atomic E-state index is 6.37. The van der Waals surface area contributed by atoms with Gasteiger partial charge in [0.1, 0.15) is 5.52 Å². The summed E-state index contributed by atoms with van der Waals surface area (Å²) in [7, 11) is 0. The fourth-order valence-electron chi connectivity index (χ4n) is 7.27. The van der Waals surface area contributed by atoms with E-state index >= 15 is 0 Å². The highest BCUT2D eigenvalue weighted by Gasteiger charge is 2.35. The predicted octanol–water partition coefficient (Wildman–Crippen LogP) is 12.1. The molecule has 0 saturated heterocycles. The number of fused-ring (bicyclic) bond motifs is 6. The van der Waals surface area contributed by atoms with E-state index in [1.54, 1.807) is 0 Å². The number of benzene rings is 7. The molecule has 0 spiro atoms. The summed E-state index contributed by atoms with van der Waals surface area (Å²) >= 11 is 0. The van der Waals surface area contributed by atoms with Gasteiger partial charge >= 0.3 is 0 Å². The molecular formula is C44H32N2O. The lowest BCUT2D eigenvalue weighted by Gasteiger charge is -2.27. The quantitative estimate of drug-likeness (QED) is 0.196. The molecule has 3 heteroatoms. The van der Waals surface area contributed by atoms with Crippen LogP contribution in [-0.4, -0.2) is 4.98 Å². The fraction of sp³-hybridized carbons (Fsp3) is 0.0682. The highest BCUT2D eigenvalue weighted by molar-refractivity contribution is 6.05. The molecule has 0 fully saturated rings. The van der Waals surface area contributed by atoms with Crippen molar-refractivity contribution in [3.63, 3.8) is 0 Å². The summed E-state index contributed by atoms with van der Waals surface area (Å²) in [4.78, 5) is 7.17. The van der Waals surface area contributed by atoms with Gasteiger partial charge in [0.2, 0.25) is 5.89 Å². The highest BCUT2D eigenvalue weighted by Crippen LogP contribution is 2.50. The van der Waals surface area contributed by atoms with Crippen LogP contribution in [0.15, 0.2) is 162 Å². The van der Waals surface area contributed by atoms with E-state index in [0.29, 0.717) is 5.89 Å². The molecule has 1 aliphatic rings. The highest BCUT2D eigenvalue weighted by atomic mass is 16.3. The summed E-state index contributed by atoms with van der Waals surface area (Å²) in [6.45, 7) is 4.66. The average molecular weight is 605 g/mol. The molecule has 7 aromatic carbocycles. The number of hydrogen-bond donors (Lipinski definition) is 0. The Kier molecular flexibility index (Phi) is 6.16. The average Bonchev–Trinajstić information content (AvgIpc) is 3.67. The zero-order chi connectivity index (χ0) is 31.5. The number of hydrogen-bond acceptors (Lipinski definition) is 3. The van der Waals surface area contributed by atoms with Crippen LogP contribution in [0.1, 0.15) is 25.0 Å². The van der Waals surface area contributed by atoms with Crippen LogP contribution in [0.25, 0.3) is 55.6 Å². The molecule has 1 aliphatic carbocycles. The molecule has 3 nitrogen and oxygen atoms in total. The van der Waals surface area contributed by atoms with Gasteiger partial charge in [0, 0.05) is 33.4 Å². The van der Waals surface area contributed by atoms with Crippen LogP contribution in [0.4, 0.5) is 17.1 Å². The van der Waals surface area contributed by atoms with Crippen LogP contribution in [-0.2, 0) is 5.41 Å². The lowest BCUT2D eigenvalue weighted by atomic mass is 9.82. The minimum Gasteiger partial charge on any atom is -0.435 e. The van der Waals surface area contributed by atoms with E-state index in [4.69, 9.17) is 9.40 Å². The summed E-state index contributed by atoms with van der Waals surface area (Å²) in [6.07, 6.45) is 0. The van der Waals surface area contributed by atoms with Gasteiger partial charge in [-0.3, -0.25) is 0 Å². The minimum atomic E-state index is -0.0450. The summed E-state index contributed by atoms with van der Waals surface area (Å²) < 4.78 is 6.37. The number of oxazole rings is 1. The molecule has 0 radical (unpaired) electrons. The van der Waals surface area contributed by atoms with Gasteiger partial charge in [-0.15, -0.1) is 0 Å². The first-order chi connectivity index (χ1) is 23.0. The molecule has 0 amide bonds. The first-order valence-corrected chi connectivity index (χ1v) is 16.1. The van der Waals surface area contributed by atoms with Gasteiger partial charge in [-0.05, 0) is 99.4 Å². The molecule has 47 heavy (non-hydrogen) atoms. The van der Waals surface area contributed by atoms with Gasteiger partial charge in [0.15, 0.2) is 5.58 Å². The number of aromatic nitrogens is 1. The molecule has 0 bridgehead atoms. The third-order valence-corrected chi connectivity index (χ3v) is 9.69. The Hall–Kier alpha value is -5.93. The zero-order valence-corrected chi connectivity index (χ0v) is 26.3. The van der Waals surface area contributed by atoms with Gasteiger partial charge in [0.05, 0.1) is 0 Å². The smallest absolute Gasteiger partial charge is 0.227 e. The topological polar surface area (TPSA) is 29.3 Å². The fourth-order valence-corrected chi connectivity index (χ4v) is 7.27. The zero-order valence-electron chi connectivity index (χ0n) is 26.3. The van der Waals surface area contributed by atoms with Gasteiger partial charge in [-0.2, -0.15) is 0 Å². The van der Waals surface area contributed by atoms with Gasteiger partial charge in [-0.1, -0.05) is 111 Å². The maximum Gasteiger partial charge on any atom is 0.227 e. The second-order valence-corrected chi connectivity index (χ2v) is 12.9. The molecule has 0 N–H and O–H groups in total. The van der Waals surface area contributed by atoms with E-state index in [0.717, 1.165) is 44.5 Å². The largest absolute Gasteiger partial charge is 0.435 e. The maximum absolute atomic E-state index is 6.37. The second kappa shape index (κ2) is 10.6. The molecule has 0 atom stereocenters. The van der Waals surface area contributed by atoms with Gasteiger partial charge in [-0.25, -0.2) is 4.98 Å². The van der Waals surface area contributed by atoms with Crippen molar-refractivity contribution in [2.24, 2.45) is 0 Å². The third-order valence-electron chi connectivity index (χ3n) is 9.69. The molecule has 224 valence electrons. The number of nitrogens with zero attached hydrogens (tertiary/aromatic N) is 2. The minimum absolute atomic E-state index is 0.0450. The molecule has 1 heterocycles. The summed E-state index contributed by atoms with van der Waals surface area (Å²) in [5.41, 5.74) is 13.6. The monoisotopic (exact) mass is 604 g/mol. The van der Waals surface area contributed by atoms with Crippen molar-refractivity contribution in [3.05, 3.63) is 169 Å². The number of anilines is 3. The van der Waals surface area contributed by atoms with Crippen LogP contribution in [0.5, 0.6) is 0 Å². The van der Waals surface area contributed by atoms with E-state index in [1.807, 2.05) is 30.3 Å². The van der Waals surface area contributed by atoms with Crippen molar-refractivity contribution < 1.29 is 4.42 Å². The SMILES string of the molecule is CC1(C)c2ccccc2-c2cc(N(c3ccc(-c4ccccc4)cc3)c3ccc4c(ccc5nc(-c6ccccc6)oc54)c3)ccc21. The van der Waals surface area contributed by atoms with Crippen molar-refractivity contribution in [1.29, 1.82) is 0 Å². The normalized spacial score (nSPS) is 13.1. The molecule has 8 aromatic rings. The van der Waals surface area contributed by atoms with Gasteiger partial charge < -0.3 is 9.32 Å². The molecular weight excluding hydrogens is 572 g/mol. The van der Waals surface area contributed by atoms with E-state index in [2.05, 4.69) is 146 Å². The van der Waals surface area contributed by atoms with E-state index in [1.165, 1.54) is 33.4 Å². The Morgan fingerprint density at radius 2 is 1.13 bits per heavy atom. The Labute approximate surface area is 274 Å². The first-order valence-electron chi connectivity index (χ1n) is 16.1. The Morgan fingerprint density at radius 3 is 1.91 bits per heavy atom. The van der Waals surface area contributed by atoms with Crippen molar-refractivity contribution >= 4 is 38.9 Å². The predicted molar refractivity (Wildman–Crippen MR) is 195 cm³/mol. The van der Waals surface area contributed by atoms with Crippen LogP contribution in [0, 0.1) is 0 Å². The Morgan fingerprint density at radius 1 is 0.511 bits per heavy atom. The summed E-state index contributed by atoms with van der Waals surface area (Å²) in [5.74, 6) is 0.638. The lowest BCUT2D eigenvalue weighted by molar-refractivity contribution is 0.623. The standard InChI is InChI=1S/C44H32N2O/c1-44(2)39-16-10-9-15-37(39)38-28-35(23-25-40(38)44)46(33-20-17-30(18-21-33)29-11-5-3-6-12-29)34-22-24-36-32(27-34)19-26-41-42(36)47-43(45-41)31-13-7-4-8-14-31/h3-28H,1-2H3. The molecule has 9 rings (SSSR count). The molecule has 0 aliphatic heterocycles.